The molecule has 0 aromatic heterocycles. The quantitative estimate of drug-likeness (QED) is 0.0641. The summed E-state index contributed by atoms with van der Waals surface area (Å²) in [6.07, 6.45) is 10.0. The lowest BCUT2D eigenvalue weighted by Crippen LogP contribution is -2.51. The molecule has 0 saturated carbocycles. The van der Waals surface area contributed by atoms with E-state index in [1.54, 1.807) is 0 Å². The Kier molecular flexibility index (Phi) is 21.8. The molecule has 0 bridgehead atoms. The summed E-state index contributed by atoms with van der Waals surface area (Å²) in [6.45, 7) is 5.76. The highest BCUT2D eigenvalue weighted by molar-refractivity contribution is 5.92. The van der Waals surface area contributed by atoms with Crippen LogP contribution in [0.5, 0.6) is 0 Å². The number of primary amides is 2. The zero-order valence-corrected chi connectivity index (χ0v) is 25.8. The molecule has 0 fully saturated rings. The molecule has 0 rings (SSSR count). The maximum absolute atomic E-state index is 12.9. The maximum Gasteiger partial charge on any atom is 0.243 e. The molecule has 0 aliphatic heterocycles. The average Bonchev–Trinajstić information content (AvgIpc) is 2.90. The normalized spacial score (nSPS) is 13.9. The summed E-state index contributed by atoms with van der Waals surface area (Å²) < 4.78 is 0. The van der Waals surface area contributed by atoms with Gasteiger partial charge in [-0.2, -0.15) is 0 Å². The summed E-state index contributed by atoms with van der Waals surface area (Å²) in [5.74, 6) is -4.09. The first-order valence-electron chi connectivity index (χ1n) is 15.5. The number of aliphatic hydroxyl groups is 1. The second-order valence-corrected chi connectivity index (χ2v) is 11.6. The number of amides is 5. The van der Waals surface area contributed by atoms with E-state index in [0.717, 1.165) is 25.7 Å². The van der Waals surface area contributed by atoms with Crippen LogP contribution >= 0.6 is 0 Å². The van der Waals surface area contributed by atoms with Crippen molar-refractivity contribution < 1.29 is 33.9 Å². The maximum atomic E-state index is 12.9. The van der Waals surface area contributed by atoms with E-state index in [-0.39, 0.29) is 31.7 Å². The van der Waals surface area contributed by atoms with Crippen LogP contribution in [0.4, 0.5) is 0 Å². The highest BCUT2D eigenvalue weighted by atomic mass is 16.3. The van der Waals surface area contributed by atoms with Gasteiger partial charge in [0.05, 0.1) is 30.9 Å². The summed E-state index contributed by atoms with van der Waals surface area (Å²) in [5, 5.41) is 17.9. The van der Waals surface area contributed by atoms with Gasteiger partial charge in [0.2, 0.25) is 29.5 Å². The van der Waals surface area contributed by atoms with Crippen molar-refractivity contribution in [1.82, 2.24) is 16.0 Å². The zero-order valence-electron chi connectivity index (χ0n) is 25.8. The highest BCUT2D eigenvalue weighted by Gasteiger charge is 2.27. The van der Waals surface area contributed by atoms with Crippen molar-refractivity contribution in [2.45, 2.75) is 135 Å². The Hall–Kier alpha value is -3.02. The number of hydrogen-bond acceptors (Lipinski definition) is 7. The van der Waals surface area contributed by atoms with Crippen LogP contribution in [0.1, 0.15) is 117 Å². The first kappa shape index (κ1) is 39.0. The fraction of sp³-hybridized carbons (Fsp3) is 0.800. The fourth-order valence-electron chi connectivity index (χ4n) is 4.62. The molecule has 0 heterocycles. The third kappa shape index (κ3) is 20.8. The molecule has 12 heteroatoms. The zero-order chi connectivity index (χ0) is 31.9. The molecule has 0 aromatic carbocycles. The molecule has 0 aromatic rings. The van der Waals surface area contributed by atoms with Crippen molar-refractivity contribution >= 4 is 35.8 Å². The van der Waals surface area contributed by atoms with Gasteiger partial charge in [0.25, 0.3) is 0 Å². The SMILES string of the molecule is CCCCCCCCCCCC(O)CC(=O)NC(CC(N)=O)C(=O)NCC(CCC(N)=O)C(=O)NC(C=O)CC(C)C. The molecule has 12 nitrogen and oxygen atoms in total. The van der Waals surface area contributed by atoms with E-state index in [1.807, 2.05) is 13.8 Å². The van der Waals surface area contributed by atoms with Gasteiger partial charge < -0.3 is 37.3 Å². The lowest BCUT2D eigenvalue weighted by Gasteiger charge is -2.23. The van der Waals surface area contributed by atoms with Crippen molar-refractivity contribution in [2.24, 2.45) is 23.3 Å². The van der Waals surface area contributed by atoms with Crippen LogP contribution in [0.2, 0.25) is 0 Å². The van der Waals surface area contributed by atoms with E-state index in [0.29, 0.717) is 19.1 Å². The molecule has 242 valence electrons. The largest absolute Gasteiger partial charge is 0.393 e. The van der Waals surface area contributed by atoms with Crippen molar-refractivity contribution in [3.05, 3.63) is 0 Å². The van der Waals surface area contributed by atoms with Gasteiger partial charge in [-0.25, -0.2) is 0 Å². The van der Waals surface area contributed by atoms with Crippen LogP contribution in [0.3, 0.4) is 0 Å². The smallest absolute Gasteiger partial charge is 0.243 e. The minimum Gasteiger partial charge on any atom is -0.393 e. The number of unbranched alkanes of at least 4 members (excludes halogenated alkanes) is 8. The molecular formula is C30H55N5O7. The van der Waals surface area contributed by atoms with Crippen LogP contribution < -0.4 is 27.4 Å². The second kappa shape index (κ2) is 23.5. The van der Waals surface area contributed by atoms with Crippen molar-refractivity contribution in [3.8, 4) is 0 Å². The standard InChI is InChI=1S/C30H55N5O7/c1-4-5-6-7-8-9-10-11-12-13-24(37)17-28(40)35-25(18-27(32)39)30(42)33-19-22(14-15-26(31)38)29(41)34-23(20-36)16-21(2)3/h20-25,37H,4-19H2,1-3H3,(H2,31,38)(H2,32,39)(H,33,42)(H,34,41)(H,35,40). The third-order valence-electron chi connectivity index (χ3n) is 6.97. The number of aldehydes is 1. The monoisotopic (exact) mass is 597 g/mol. The van der Waals surface area contributed by atoms with E-state index in [1.165, 1.54) is 32.1 Å². The van der Waals surface area contributed by atoms with Gasteiger partial charge >= 0.3 is 0 Å². The van der Waals surface area contributed by atoms with Crippen molar-refractivity contribution in [1.29, 1.82) is 0 Å². The van der Waals surface area contributed by atoms with Gasteiger partial charge in [0, 0.05) is 13.0 Å². The summed E-state index contributed by atoms with van der Waals surface area (Å²) in [7, 11) is 0. The van der Waals surface area contributed by atoms with Gasteiger partial charge in [-0.15, -0.1) is 0 Å². The molecule has 0 aliphatic carbocycles. The molecule has 42 heavy (non-hydrogen) atoms. The Morgan fingerprint density at radius 3 is 1.90 bits per heavy atom. The van der Waals surface area contributed by atoms with Gasteiger partial charge in [-0.3, -0.25) is 24.0 Å². The van der Waals surface area contributed by atoms with Gasteiger partial charge in [0.1, 0.15) is 12.3 Å². The number of nitrogens with two attached hydrogens (primary N) is 2. The number of hydrogen-bond donors (Lipinski definition) is 6. The Labute approximate surface area is 250 Å². The van der Waals surface area contributed by atoms with E-state index in [9.17, 15) is 33.9 Å². The van der Waals surface area contributed by atoms with Crippen LogP contribution in [0.15, 0.2) is 0 Å². The summed E-state index contributed by atoms with van der Waals surface area (Å²) in [5.41, 5.74) is 10.5. The Balaban J connectivity index is 4.88. The van der Waals surface area contributed by atoms with E-state index < -0.39 is 60.1 Å². The Morgan fingerprint density at radius 1 is 0.786 bits per heavy atom. The van der Waals surface area contributed by atoms with Gasteiger partial charge in [0.15, 0.2) is 0 Å². The minimum atomic E-state index is -1.31. The predicted molar refractivity (Wildman–Crippen MR) is 161 cm³/mol. The fourth-order valence-corrected chi connectivity index (χ4v) is 4.62. The molecule has 4 atom stereocenters. The minimum absolute atomic E-state index is 0.0204. The average molecular weight is 598 g/mol. The van der Waals surface area contributed by atoms with Crippen molar-refractivity contribution in [2.75, 3.05) is 6.54 Å². The number of aliphatic hydroxyl groups excluding tert-OH is 1. The van der Waals surface area contributed by atoms with Gasteiger partial charge in [-0.1, -0.05) is 78.6 Å². The Morgan fingerprint density at radius 2 is 1.38 bits per heavy atom. The molecule has 0 saturated heterocycles. The first-order chi connectivity index (χ1) is 19.9. The van der Waals surface area contributed by atoms with Gasteiger partial charge in [-0.05, 0) is 25.2 Å². The third-order valence-corrected chi connectivity index (χ3v) is 6.97. The van der Waals surface area contributed by atoms with Crippen LogP contribution in [0.25, 0.3) is 0 Å². The predicted octanol–water partition coefficient (Wildman–Crippen LogP) is 1.75. The molecule has 0 radical (unpaired) electrons. The lowest BCUT2D eigenvalue weighted by molar-refractivity contribution is -0.133. The number of nitrogens with one attached hydrogen (secondary N) is 3. The number of rotatable bonds is 26. The molecule has 5 amide bonds. The summed E-state index contributed by atoms with van der Waals surface area (Å²) >= 11 is 0. The number of carbonyl (C=O) groups excluding carboxylic acids is 6. The van der Waals surface area contributed by atoms with E-state index >= 15 is 0 Å². The molecule has 4 unspecified atom stereocenters. The highest BCUT2D eigenvalue weighted by Crippen LogP contribution is 2.13. The molecule has 0 aliphatic rings. The van der Waals surface area contributed by atoms with Crippen LogP contribution in [-0.2, 0) is 28.8 Å². The molecular weight excluding hydrogens is 542 g/mol. The first-order valence-corrected chi connectivity index (χ1v) is 15.5. The number of carbonyl (C=O) groups is 6. The lowest BCUT2D eigenvalue weighted by atomic mass is 9.99. The van der Waals surface area contributed by atoms with Crippen LogP contribution in [0, 0.1) is 11.8 Å². The van der Waals surface area contributed by atoms with Crippen LogP contribution in [-0.4, -0.2) is 65.7 Å². The topological polar surface area (TPSA) is 211 Å². The molecule has 8 N–H and O–H groups in total. The second-order valence-electron chi connectivity index (χ2n) is 11.6. The van der Waals surface area contributed by atoms with Crippen molar-refractivity contribution in [3.63, 3.8) is 0 Å². The molecule has 0 spiro atoms. The Bertz CT molecular complexity index is 837. The summed E-state index contributed by atoms with van der Waals surface area (Å²) in [4.78, 5) is 72.5. The van der Waals surface area contributed by atoms with E-state index in [2.05, 4.69) is 22.9 Å². The van der Waals surface area contributed by atoms with E-state index in [4.69, 9.17) is 11.5 Å². The summed E-state index contributed by atoms with van der Waals surface area (Å²) in [6, 6.07) is -2.04.